The third-order valence-electron chi connectivity index (χ3n) is 5.81. The molecule has 4 aromatic rings. The smallest absolute Gasteiger partial charge is 0.293 e. The van der Waals surface area contributed by atoms with E-state index < -0.39 is 11.4 Å². The maximum Gasteiger partial charge on any atom is 0.293 e. The lowest BCUT2D eigenvalue weighted by atomic mass is 10.1. The minimum atomic E-state index is -0.553. The van der Waals surface area contributed by atoms with Gasteiger partial charge in [-0.25, -0.2) is 23.7 Å². The molecule has 1 aliphatic heterocycles. The van der Waals surface area contributed by atoms with E-state index in [1.807, 2.05) is 18.0 Å². The average Bonchev–Trinajstić information content (AvgIpc) is 3.30. The quantitative estimate of drug-likeness (QED) is 0.413. The highest BCUT2D eigenvalue weighted by Gasteiger charge is 2.30. The molecular weight excluding hydrogens is 477 g/mol. The number of morpholine rings is 1. The number of anilines is 1. The summed E-state index contributed by atoms with van der Waals surface area (Å²) in [4.78, 5) is 24.2. The van der Waals surface area contributed by atoms with E-state index in [0.29, 0.717) is 31.2 Å². The number of nitrogens with zero attached hydrogens (tertiary/aromatic N) is 7. The molecule has 1 aliphatic rings. The lowest BCUT2D eigenvalue weighted by molar-refractivity contribution is -0.0179. The van der Waals surface area contributed by atoms with Crippen molar-refractivity contribution in [1.82, 2.24) is 29.5 Å². The van der Waals surface area contributed by atoms with Gasteiger partial charge in [-0.15, -0.1) is 0 Å². The van der Waals surface area contributed by atoms with Crippen LogP contribution < -0.4 is 10.5 Å². The van der Waals surface area contributed by atoms with E-state index in [-0.39, 0.29) is 34.0 Å². The summed E-state index contributed by atoms with van der Waals surface area (Å²) in [6, 6.07) is 4.33. The van der Waals surface area contributed by atoms with E-state index in [1.54, 1.807) is 24.1 Å². The summed E-state index contributed by atoms with van der Waals surface area (Å²) in [6.45, 7) is 3.18. The van der Waals surface area contributed by atoms with E-state index in [9.17, 15) is 9.18 Å². The van der Waals surface area contributed by atoms with Crippen molar-refractivity contribution in [2.24, 2.45) is 7.05 Å². The Morgan fingerprint density at radius 3 is 2.83 bits per heavy atom. The third kappa shape index (κ3) is 4.49. The fourth-order valence-corrected chi connectivity index (χ4v) is 4.33. The lowest BCUT2D eigenvalue weighted by Crippen LogP contribution is -2.43. The van der Waals surface area contributed by atoms with Gasteiger partial charge in [0.05, 0.1) is 36.1 Å². The van der Waals surface area contributed by atoms with Crippen LogP contribution >= 0.6 is 11.6 Å². The first kappa shape index (κ1) is 23.3. The number of aromatic nitrogens is 6. The summed E-state index contributed by atoms with van der Waals surface area (Å²) in [7, 11) is 3.14. The van der Waals surface area contributed by atoms with Crippen LogP contribution in [0.15, 0.2) is 41.6 Å². The fraction of sp³-hybridized carbons (Fsp3) is 0.348. The number of fused-ring (bicyclic) bond motifs is 1. The number of aryl methyl sites for hydroxylation is 1. The molecule has 12 heteroatoms. The zero-order chi connectivity index (χ0) is 24.7. The SMILES string of the molecule is COCn1cc(C2CN(c3nc(-c4ccc(Cl)cc4F)c4cnn(C)c(=O)c4n3)CC(C)O2)cn1. The van der Waals surface area contributed by atoms with Gasteiger partial charge in [-0.1, -0.05) is 11.6 Å². The summed E-state index contributed by atoms with van der Waals surface area (Å²) in [5.74, 6) is -0.252. The number of hydrogen-bond acceptors (Lipinski definition) is 8. The molecule has 5 rings (SSSR count). The third-order valence-corrected chi connectivity index (χ3v) is 6.04. The molecule has 0 radical (unpaired) electrons. The second-order valence-corrected chi connectivity index (χ2v) is 8.84. The van der Waals surface area contributed by atoms with Crippen molar-refractivity contribution in [3.8, 4) is 11.3 Å². The van der Waals surface area contributed by atoms with E-state index in [0.717, 1.165) is 5.56 Å². The lowest BCUT2D eigenvalue weighted by Gasteiger charge is -2.36. The molecule has 1 saturated heterocycles. The molecule has 0 saturated carbocycles. The molecule has 0 spiro atoms. The largest absolute Gasteiger partial charge is 0.367 e. The highest BCUT2D eigenvalue weighted by atomic mass is 35.5. The number of rotatable bonds is 5. The molecule has 0 N–H and O–H groups in total. The Morgan fingerprint density at radius 1 is 1.23 bits per heavy atom. The van der Waals surface area contributed by atoms with Crippen LogP contribution in [0.4, 0.5) is 10.3 Å². The predicted octanol–water partition coefficient (Wildman–Crippen LogP) is 2.95. The van der Waals surface area contributed by atoms with Crippen molar-refractivity contribution >= 4 is 28.5 Å². The van der Waals surface area contributed by atoms with Gasteiger partial charge in [0.1, 0.15) is 24.2 Å². The standard InChI is InChI=1S/C23H23ClFN7O3/c1-13-9-31(11-19(35-13)14-7-27-32(10-14)12-34-3)23-28-20(16-5-4-15(24)6-18(16)25)17-8-26-30(2)22(33)21(17)29-23/h4-8,10,13,19H,9,11-12H2,1-3H3. The Labute approximate surface area is 204 Å². The van der Waals surface area contributed by atoms with E-state index in [4.69, 9.17) is 26.1 Å². The van der Waals surface area contributed by atoms with Crippen LogP contribution in [-0.4, -0.2) is 55.8 Å². The van der Waals surface area contributed by atoms with Gasteiger partial charge in [0, 0.05) is 43.0 Å². The molecule has 0 amide bonds. The van der Waals surface area contributed by atoms with Crippen molar-refractivity contribution in [3.63, 3.8) is 0 Å². The van der Waals surface area contributed by atoms with E-state index in [2.05, 4.69) is 15.2 Å². The Kier molecular flexibility index (Phi) is 6.22. The number of ether oxygens (including phenoxy) is 2. The van der Waals surface area contributed by atoms with Crippen molar-refractivity contribution in [2.75, 3.05) is 25.1 Å². The topological polar surface area (TPSA) is 100 Å². The first-order valence-electron chi connectivity index (χ1n) is 10.9. The van der Waals surface area contributed by atoms with Crippen molar-refractivity contribution < 1.29 is 13.9 Å². The molecule has 3 aromatic heterocycles. The van der Waals surface area contributed by atoms with Crippen LogP contribution in [0.5, 0.6) is 0 Å². The van der Waals surface area contributed by atoms with Crippen LogP contribution in [0.2, 0.25) is 5.02 Å². The molecule has 0 aliphatic carbocycles. The maximum atomic E-state index is 14.9. The highest BCUT2D eigenvalue weighted by molar-refractivity contribution is 6.30. The molecule has 1 aromatic carbocycles. The minimum Gasteiger partial charge on any atom is -0.367 e. The van der Waals surface area contributed by atoms with Gasteiger partial charge in [0.2, 0.25) is 5.95 Å². The van der Waals surface area contributed by atoms with Crippen LogP contribution in [0.3, 0.4) is 0 Å². The zero-order valence-corrected chi connectivity index (χ0v) is 20.1. The first-order chi connectivity index (χ1) is 16.8. The van der Waals surface area contributed by atoms with Gasteiger partial charge in [-0.3, -0.25) is 4.79 Å². The van der Waals surface area contributed by atoms with Gasteiger partial charge in [0.25, 0.3) is 5.56 Å². The highest BCUT2D eigenvalue weighted by Crippen LogP contribution is 2.32. The van der Waals surface area contributed by atoms with Gasteiger partial charge < -0.3 is 14.4 Å². The molecule has 4 heterocycles. The molecule has 1 fully saturated rings. The molecule has 2 atom stereocenters. The average molecular weight is 500 g/mol. The monoisotopic (exact) mass is 499 g/mol. The Hall–Kier alpha value is -3.41. The predicted molar refractivity (Wildman–Crippen MR) is 128 cm³/mol. The van der Waals surface area contributed by atoms with Crippen molar-refractivity contribution in [1.29, 1.82) is 0 Å². The summed E-state index contributed by atoms with van der Waals surface area (Å²) in [5.41, 5.74) is 1.11. The first-order valence-corrected chi connectivity index (χ1v) is 11.3. The fourth-order valence-electron chi connectivity index (χ4n) is 4.17. The van der Waals surface area contributed by atoms with Crippen LogP contribution in [0.25, 0.3) is 22.2 Å². The maximum absolute atomic E-state index is 14.9. The number of benzene rings is 1. The second-order valence-electron chi connectivity index (χ2n) is 8.40. The molecular formula is C23H23ClFN7O3. The number of halogens is 2. The number of hydrogen-bond donors (Lipinski definition) is 0. The van der Waals surface area contributed by atoms with E-state index >= 15 is 0 Å². The minimum absolute atomic E-state index is 0.153. The normalized spacial score (nSPS) is 18.4. The Balaban J connectivity index is 1.61. The summed E-state index contributed by atoms with van der Waals surface area (Å²) in [6.07, 6.45) is 4.60. The van der Waals surface area contributed by atoms with Crippen LogP contribution in [0, 0.1) is 5.82 Å². The molecule has 2 unspecified atom stereocenters. The van der Waals surface area contributed by atoms with Crippen molar-refractivity contribution in [2.45, 2.75) is 25.9 Å². The van der Waals surface area contributed by atoms with Crippen molar-refractivity contribution in [3.05, 3.63) is 63.5 Å². The number of methoxy groups -OCH3 is 1. The molecule has 0 bridgehead atoms. The van der Waals surface area contributed by atoms with Gasteiger partial charge in [-0.2, -0.15) is 10.2 Å². The van der Waals surface area contributed by atoms with Crippen LogP contribution in [0.1, 0.15) is 18.6 Å². The van der Waals surface area contributed by atoms with Gasteiger partial charge >= 0.3 is 0 Å². The molecule has 10 nitrogen and oxygen atoms in total. The van der Waals surface area contributed by atoms with Crippen LogP contribution in [-0.2, 0) is 23.3 Å². The summed E-state index contributed by atoms with van der Waals surface area (Å²) >= 11 is 5.96. The van der Waals surface area contributed by atoms with Gasteiger partial charge in [0.15, 0.2) is 0 Å². The van der Waals surface area contributed by atoms with Gasteiger partial charge in [-0.05, 0) is 25.1 Å². The Bertz CT molecular complexity index is 1460. The Morgan fingerprint density at radius 2 is 2.06 bits per heavy atom. The molecule has 182 valence electrons. The second kappa shape index (κ2) is 9.33. The zero-order valence-electron chi connectivity index (χ0n) is 19.4. The van der Waals surface area contributed by atoms with E-state index in [1.165, 1.54) is 30.1 Å². The molecule has 35 heavy (non-hydrogen) atoms. The summed E-state index contributed by atoms with van der Waals surface area (Å²) < 4.78 is 29.1. The summed E-state index contributed by atoms with van der Waals surface area (Å²) in [5, 5.41) is 9.00.